The van der Waals surface area contributed by atoms with Crippen molar-refractivity contribution in [2.75, 3.05) is 20.3 Å². The van der Waals surface area contributed by atoms with Gasteiger partial charge in [-0.1, -0.05) is 50.1 Å². The summed E-state index contributed by atoms with van der Waals surface area (Å²) < 4.78 is 50.0. The molecule has 0 saturated heterocycles. The summed E-state index contributed by atoms with van der Waals surface area (Å²) in [6, 6.07) is 9.54. The Hall–Kier alpha value is -2.77. The fourth-order valence-electron chi connectivity index (χ4n) is 3.85. The lowest BCUT2D eigenvalue weighted by molar-refractivity contribution is 0.0600. The largest absolute Gasteiger partial charge is 0.477 e. The Labute approximate surface area is 254 Å². The molecule has 0 saturated carbocycles. The number of esters is 1. The van der Waals surface area contributed by atoms with E-state index in [0.29, 0.717) is 30.0 Å². The van der Waals surface area contributed by atoms with Gasteiger partial charge in [-0.15, -0.1) is 0 Å². The molecule has 0 radical (unpaired) electrons. The smallest absolute Gasteiger partial charge is 0.338 e. The summed E-state index contributed by atoms with van der Waals surface area (Å²) >= 11 is 6.18. The van der Waals surface area contributed by atoms with Crippen molar-refractivity contribution in [1.29, 1.82) is 0 Å². The maximum atomic E-state index is 12.7. The van der Waals surface area contributed by atoms with Gasteiger partial charge < -0.3 is 13.9 Å². The van der Waals surface area contributed by atoms with Gasteiger partial charge in [-0.2, -0.15) is 13.5 Å². The van der Waals surface area contributed by atoms with Crippen molar-refractivity contribution in [2.24, 2.45) is 7.05 Å². The van der Waals surface area contributed by atoms with Gasteiger partial charge in [0, 0.05) is 13.5 Å². The van der Waals surface area contributed by atoms with Crippen LogP contribution in [0.4, 0.5) is 0 Å². The van der Waals surface area contributed by atoms with Gasteiger partial charge in [-0.05, 0) is 55.7 Å². The van der Waals surface area contributed by atoms with E-state index in [-0.39, 0.29) is 40.0 Å². The molecule has 3 aromatic rings. The van der Waals surface area contributed by atoms with Gasteiger partial charge in [0.2, 0.25) is 5.88 Å². The second kappa shape index (κ2) is 13.7. The molecule has 1 unspecified atom stereocenters. The molecule has 0 spiro atoms. The first-order chi connectivity index (χ1) is 19.5. The summed E-state index contributed by atoms with van der Waals surface area (Å²) in [7, 11) is -3.07. The number of halogens is 1. The Balaban J connectivity index is 1.75. The number of pyridine rings is 1. The monoisotopic (exact) mass is 637 g/mol. The van der Waals surface area contributed by atoms with Crippen molar-refractivity contribution in [2.45, 2.75) is 69.7 Å². The van der Waals surface area contributed by atoms with Crippen molar-refractivity contribution < 1.29 is 31.3 Å². The van der Waals surface area contributed by atoms with Crippen LogP contribution in [-0.4, -0.2) is 63.9 Å². The van der Waals surface area contributed by atoms with Gasteiger partial charge in [-0.3, -0.25) is 4.18 Å². The fourth-order valence-corrected chi connectivity index (χ4v) is 6.40. The maximum Gasteiger partial charge on any atom is 0.338 e. The third kappa shape index (κ3) is 8.63. The molecule has 2 aromatic heterocycles. The first-order valence-electron chi connectivity index (χ1n) is 13.6. The molecule has 230 valence electrons. The molecule has 13 heteroatoms. The van der Waals surface area contributed by atoms with E-state index in [1.54, 1.807) is 36.1 Å². The molecule has 0 fully saturated rings. The van der Waals surface area contributed by atoms with E-state index in [2.05, 4.69) is 43.9 Å². The summed E-state index contributed by atoms with van der Waals surface area (Å²) in [5.41, 5.74) is 2.18. The van der Waals surface area contributed by atoms with Crippen molar-refractivity contribution in [3.8, 4) is 17.1 Å². The maximum absolute atomic E-state index is 12.7. The van der Waals surface area contributed by atoms with E-state index in [0.717, 1.165) is 5.56 Å². The minimum absolute atomic E-state index is 0.0325. The standard InChI is InChI=1S/C29H40ClN3O7SSi/c1-20-9-11-23(12-10-20)41(35,36)39-16-14-22(40-42(7,8)29(2,3)4)13-15-38-27-24(19-31-33(27)5)25-17-21(28(34)37-6)18-26(30)32-25/h9-12,17-19,22H,13-16H2,1-8H3. The lowest BCUT2D eigenvalue weighted by atomic mass is 10.1. The highest BCUT2D eigenvalue weighted by atomic mass is 35.5. The Morgan fingerprint density at radius 2 is 1.74 bits per heavy atom. The Morgan fingerprint density at radius 3 is 2.36 bits per heavy atom. The number of aryl methyl sites for hydroxylation is 2. The average molecular weight is 638 g/mol. The average Bonchev–Trinajstić information content (AvgIpc) is 3.27. The van der Waals surface area contributed by atoms with Crippen LogP contribution in [-0.2, 0) is 30.5 Å². The first kappa shape index (κ1) is 33.7. The lowest BCUT2D eigenvalue weighted by Gasteiger charge is -2.39. The number of nitrogens with zero attached hydrogens (tertiary/aromatic N) is 3. The zero-order chi connectivity index (χ0) is 31.3. The number of rotatable bonds is 13. The van der Waals surface area contributed by atoms with Gasteiger partial charge in [0.25, 0.3) is 10.1 Å². The molecule has 3 rings (SSSR count). The number of carbonyl (C=O) groups is 1. The molecule has 0 aliphatic carbocycles. The second-order valence-electron chi connectivity index (χ2n) is 11.6. The van der Waals surface area contributed by atoms with Crippen molar-refractivity contribution in [3.63, 3.8) is 0 Å². The molecule has 10 nitrogen and oxygen atoms in total. The molecule has 1 atom stereocenters. The van der Waals surface area contributed by atoms with Crippen LogP contribution in [0.5, 0.6) is 5.88 Å². The highest BCUT2D eigenvalue weighted by Gasteiger charge is 2.39. The number of hydrogen-bond donors (Lipinski definition) is 0. The summed E-state index contributed by atoms with van der Waals surface area (Å²) in [6.45, 7) is 12.8. The molecule has 1 aromatic carbocycles. The topological polar surface area (TPSA) is 119 Å². The van der Waals surface area contributed by atoms with Crippen LogP contribution >= 0.6 is 11.6 Å². The number of methoxy groups -OCH3 is 1. The summed E-state index contributed by atoms with van der Waals surface area (Å²) in [6.07, 6.45) is 2.10. The highest BCUT2D eigenvalue weighted by molar-refractivity contribution is 7.86. The van der Waals surface area contributed by atoms with Gasteiger partial charge in [0.05, 0.1) is 54.3 Å². The van der Waals surface area contributed by atoms with Gasteiger partial charge in [0.15, 0.2) is 8.32 Å². The van der Waals surface area contributed by atoms with Crippen molar-refractivity contribution in [1.82, 2.24) is 14.8 Å². The van der Waals surface area contributed by atoms with E-state index in [1.807, 2.05) is 6.92 Å². The zero-order valence-corrected chi connectivity index (χ0v) is 28.0. The predicted molar refractivity (Wildman–Crippen MR) is 164 cm³/mol. The van der Waals surface area contributed by atoms with Gasteiger partial charge in [0.1, 0.15) is 5.15 Å². The van der Waals surface area contributed by atoms with Crippen molar-refractivity contribution >= 4 is 36.0 Å². The lowest BCUT2D eigenvalue weighted by Crippen LogP contribution is -2.44. The molecule has 42 heavy (non-hydrogen) atoms. The van der Waals surface area contributed by atoms with E-state index >= 15 is 0 Å². The Bertz CT molecular complexity index is 1490. The number of ether oxygens (including phenoxy) is 2. The molecule has 0 bridgehead atoms. The molecule has 0 N–H and O–H groups in total. The summed E-state index contributed by atoms with van der Waals surface area (Å²) in [5, 5.41) is 4.38. The molecule has 0 aliphatic heterocycles. The summed E-state index contributed by atoms with van der Waals surface area (Å²) in [4.78, 5) is 16.6. The highest BCUT2D eigenvalue weighted by Crippen LogP contribution is 2.38. The molecule has 2 heterocycles. The predicted octanol–water partition coefficient (Wildman–Crippen LogP) is 6.19. The SMILES string of the molecule is COC(=O)c1cc(Cl)nc(-c2cnn(C)c2OCCC(CCOS(=O)(=O)c2ccc(C)cc2)O[Si](C)(C)C(C)(C)C)c1. The Morgan fingerprint density at radius 1 is 1.10 bits per heavy atom. The normalized spacial score (nSPS) is 13.2. The number of carbonyl (C=O) groups excluding carboxylic acids is 1. The molecule has 0 amide bonds. The minimum atomic E-state index is -3.90. The van der Waals surface area contributed by atoms with Crippen LogP contribution in [0.25, 0.3) is 11.3 Å². The van der Waals surface area contributed by atoms with Crippen LogP contribution in [0.1, 0.15) is 49.5 Å². The van der Waals surface area contributed by atoms with Crippen molar-refractivity contribution in [3.05, 3.63) is 58.9 Å². The third-order valence-corrected chi connectivity index (χ3v) is 13.4. The van der Waals surface area contributed by atoms with Crippen LogP contribution < -0.4 is 4.74 Å². The molecule has 0 aliphatic rings. The van der Waals surface area contributed by atoms with Crippen LogP contribution in [0.15, 0.2) is 47.5 Å². The quantitative estimate of drug-likeness (QED) is 0.0936. The molecular formula is C29H40ClN3O7SSi. The van der Waals surface area contributed by atoms with E-state index in [1.165, 1.54) is 25.3 Å². The number of aromatic nitrogens is 3. The number of hydrogen-bond acceptors (Lipinski definition) is 9. The second-order valence-corrected chi connectivity index (χ2v) is 18.3. The minimum Gasteiger partial charge on any atom is -0.477 e. The fraction of sp³-hybridized carbons (Fsp3) is 0.483. The van der Waals surface area contributed by atoms with E-state index in [9.17, 15) is 13.2 Å². The Kier molecular flexibility index (Phi) is 11.0. The van der Waals surface area contributed by atoms with Crippen LogP contribution in [0, 0.1) is 6.92 Å². The summed E-state index contributed by atoms with van der Waals surface area (Å²) in [5.74, 6) is -0.103. The third-order valence-electron chi connectivity index (χ3n) is 7.31. The van der Waals surface area contributed by atoms with Gasteiger partial charge >= 0.3 is 5.97 Å². The van der Waals surface area contributed by atoms with Crippen LogP contribution in [0.3, 0.4) is 0 Å². The zero-order valence-electron chi connectivity index (χ0n) is 25.4. The first-order valence-corrected chi connectivity index (χ1v) is 18.3. The van der Waals surface area contributed by atoms with Crippen LogP contribution in [0.2, 0.25) is 23.3 Å². The van der Waals surface area contributed by atoms with E-state index in [4.69, 9.17) is 29.7 Å². The number of benzene rings is 1. The van der Waals surface area contributed by atoms with Gasteiger partial charge in [-0.25, -0.2) is 14.5 Å². The molecular weight excluding hydrogens is 598 g/mol. The van der Waals surface area contributed by atoms with E-state index < -0.39 is 24.4 Å².